The Balaban J connectivity index is 1.71. The summed E-state index contributed by atoms with van der Waals surface area (Å²) in [6.07, 6.45) is 3.36. The van der Waals surface area contributed by atoms with Crippen LogP contribution >= 0.6 is 11.8 Å². The summed E-state index contributed by atoms with van der Waals surface area (Å²) in [4.78, 5) is 11.3. The van der Waals surface area contributed by atoms with E-state index in [1.165, 1.54) is 12.0 Å². The number of hydrogen-bond donors (Lipinski definition) is 1. The molecule has 1 unspecified atom stereocenters. The number of carbonyl (C=O) groups excluding carboxylic acids is 1. The van der Waals surface area contributed by atoms with Crippen molar-refractivity contribution in [2.45, 2.75) is 19.3 Å². The molecule has 1 N–H and O–H groups in total. The van der Waals surface area contributed by atoms with Crippen molar-refractivity contribution in [2.75, 3.05) is 25.0 Å². The van der Waals surface area contributed by atoms with Crippen LogP contribution in [0.3, 0.4) is 0 Å². The van der Waals surface area contributed by atoms with E-state index >= 15 is 0 Å². The molecule has 0 aromatic heterocycles. The van der Waals surface area contributed by atoms with Gasteiger partial charge in [-0.1, -0.05) is 6.07 Å². The minimum Gasteiger partial charge on any atom is -0.482 e. The number of nitrogens with zero attached hydrogens (tertiary/aromatic N) is 1. The fourth-order valence-corrected chi connectivity index (χ4v) is 3.09. The highest BCUT2D eigenvalue weighted by Crippen LogP contribution is 2.30. The molecule has 0 bridgehead atoms. The van der Waals surface area contributed by atoms with Crippen LogP contribution in [0.1, 0.15) is 18.4 Å². The van der Waals surface area contributed by atoms with Crippen molar-refractivity contribution < 1.29 is 9.53 Å². The lowest BCUT2D eigenvalue weighted by molar-refractivity contribution is -0.118. The van der Waals surface area contributed by atoms with Crippen LogP contribution in [0.4, 0.5) is 5.69 Å². The van der Waals surface area contributed by atoms with Crippen molar-refractivity contribution in [3.63, 3.8) is 0 Å². The van der Waals surface area contributed by atoms with Gasteiger partial charge in [0.05, 0.1) is 5.69 Å². The molecule has 1 amide bonds. The van der Waals surface area contributed by atoms with Crippen LogP contribution in [0.2, 0.25) is 0 Å². The molecule has 2 aliphatic rings. The second-order valence-corrected chi connectivity index (χ2v) is 5.73. The molecule has 0 radical (unpaired) electrons. The van der Waals surface area contributed by atoms with E-state index in [2.05, 4.69) is 11.4 Å². The second kappa shape index (κ2) is 5.39. The normalized spacial score (nSPS) is 23.4. The molecule has 1 aromatic rings. The highest BCUT2D eigenvalue weighted by molar-refractivity contribution is 6.13. The van der Waals surface area contributed by atoms with Gasteiger partial charge in [0.2, 0.25) is 0 Å². The number of carbonyl (C=O) groups is 1. The SMILES string of the molecule is O=C1COc2ccc(CC3CCCN(Cl)C3)cc2N1. The van der Waals surface area contributed by atoms with Crippen molar-refractivity contribution in [2.24, 2.45) is 5.92 Å². The second-order valence-electron chi connectivity index (χ2n) is 5.25. The first-order chi connectivity index (χ1) is 9.20. The predicted octanol–water partition coefficient (Wildman–Crippen LogP) is 2.43. The van der Waals surface area contributed by atoms with Gasteiger partial charge < -0.3 is 10.1 Å². The summed E-state index contributed by atoms with van der Waals surface area (Å²) < 4.78 is 7.23. The van der Waals surface area contributed by atoms with Gasteiger partial charge in [-0.3, -0.25) is 4.79 Å². The number of fused-ring (bicyclic) bond motifs is 1. The summed E-state index contributed by atoms with van der Waals surface area (Å²) in [6, 6.07) is 6.02. The third-order valence-electron chi connectivity index (χ3n) is 3.67. The molecular weight excluding hydrogens is 264 g/mol. The number of halogens is 1. The van der Waals surface area contributed by atoms with Crippen molar-refractivity contribution in [1.29, 1.82) is 0 Å². The van der Waals surface area contributed by atoms with E-state index in [-0.39, 0.29) is 12.5 Å². The number of rotatable bonds is 2. The Labute approximate surface area is 117 Å². The Morgan fingerprint density at radius 3 is 3.21 bits per heavy atom. The predicted molar refractivity (Wildman–Crippen MR) is 74.4 cm³/mol. The fourth-order valence-electron chi connectivity index (χ4n) is 2.77. The highest BCUT2D eigenvalue weighted by atomic mass is 35.5. The summed E-state index contributed by atoms with van der Waals surface area (Å²) >= 11 is 6.07. The third-order valence-corrected chi connectivity index (χ3v) is 3.98. The van der Waals surface area contributed by atoms with E-state index in [1.807, 2.05) is 16.6 Å². The minimum atomic E-state index is -0.0887. The number of nitrogens with one attached hydrogen (secondary N) is 1. The quantitative estimate of drug-likeness (QED) is 0.846. The van der Waals surface area contributed by atoms with Crippen LogP contribution in [0, 0.1) is 5.92 Å². The lowest BCUT2D eigenvalue weighted by atomic mass is 9.92. The number of ether oxygens (including phenoxy) is 1. The first-order valence-electron chi connectivity index (χ1n) is 6.67. The maximum Gasteiger partial charge on any atom is 0.262 e. The fraction of sp³-hybridized carbons (Fsp3) is 0.500. The standard InChI is InChI=1S/C14H17ClN2O2/c15-17-5-1-2-11(8-17)6-10-3-4-13-12(7-10)16-14(18)9-19-13/h3-4,7,11H,1-2,5-6,8-9H2,(H,16,18). The molecule has 1 fully saturated rings. The smallest absolute Gasteiger partial charge is 0.262 e. The Bertz CT molecular complexity index is 492. The molecule has 102 valence electrons. The zero-order valence-corrected chi connectivity index (χ0v) is 11.4. The number of piperidine rings is 1. The molecule has 1 saturated heterocycles. The van der Waals surface area contributed by atoms with Gasteiger partial charge in [-0.15, -0.1) is 0 Å². The first-order valence-corrected chi connectivity index (χ1v) is 7.01. The van der Waals surface area contributed by atoms with E-state index in [0.29, 0.717) is 5.92 Å². The van der Waals surface area contributed by atoms with Crippen molar-refractivity contribution in [3.05, 3.63) is 23.8 Å². The third kappa shape index (κ3) is 3.01. The van der Waals surface area contributed by atoms with Gasteiger partial charge in [0.15, 0.2) is 6.61 Å². The average Bonchev–Trinajstić information content (AvgIpc) is 2.38. The highest BCUT2D eigenvalue weighted by Gasteiger charge is 2.20. The molecule has 0 aliphatic carbocycles. The van der Waals surface area contributed by atoms with Crippen molar-refractivity contribution in [3.8, 4) is 5.75 Å². The maximum absolute atomic E-state index is 11.3. The molecule has 0 saturated carbocycles. The van der Waals surface area contributed by atoms with Gasteiger partial charge in [-0.2, -0.15) is 0 Å². The van der Waals surface area contributed by atoms with Crippen LogP contribution in [0.5, 0.6) is 5.75 Å². The lowest BCUT2D eigenvalue weighted by Crippen LogP contribution is -2.29. The van der Waals surface area contributed by atoms with Gasteiger partial charge in [-0.05, 0) is 54.7 Å². The van der Waals surface area contributed by atoms with Crippen LogP contribution in [-0.2, 0) is 11.2 Å². The summed E-state index contributed by atoms with van der Waals surface area (Å²) in [5, 5.41) is 2.85. The van der Waals surface area contributed by atoms with E-state index in [1.54, 1.807) is 0 Å². The molecule has 4 nitrogen and oxygen atoms in total. The summed E-state index contributed by atoms with van der Waals surface area (Å²) in [7, 11) is 0. The Hall–Kier alpha value is -1.26. The van der Waals surface area contributed by atoms with E-state index in [4.69, 9.17) is 16.5 Å². The van der Waals surface area contributed by atoms with Gasteiger partial charge in [-0.25, -0.2) is 4.42 Å². The number of benzene rings is 1. The molecule has 2 heterocycles. The first kappa shape index (κ1) is 12.8. The Kier molecular flexibility index (Phi) is 3.62. The molecule has 2 aliphatic heterocycles. The molecule has 19 heavy (non-hydrogen) atoms. The summed E-state index contributed by atoms with van der Waals surface area (Å²) in [5.41, 5.74) is 2.01. The van der Waals surface area contributed by atoms with E-state index < -0.39 is 0 Å². The van der Waals surface area contributed by atoms with Crippen LogP contribution in [-0.4, -0.2) is 30.0 Å². The van der Waals surface area contributed by atoms with Crippen molar-refractivity contribution in [1.82, 2.24) is 4.42 Å². The van der Waals surface area contributed by atoms with Crippen LogP contribution in [0.25, 0.3) is 0 Å². The maximum atomic E-state index is 11.3. The van der Waals surface area contributed by atoms with Gasteiger partial charge >= 0.3 is 0 Å². The zero-order chi connectivity index (χ0) is 13.2. The number of anilines is 1. The molecule has 0 spiro atoms. The van der Waals surface area contributed by atoms with Gasteiger partial charge in [0.25, 0.3) is 5.91 Å². The Morgan fingerprint density at radius 2 is 2.37 bits per heavy atom. The van der Waals surface area contributed by atoms with E-state index in [0.717, 1.165) is 37.4 Å². The van der Waals surface area contributed by atoms with Crippen LogP contribution < -0.4 is 10.1 Å². The molecule has 1 atom stereocenters. The van der Waals surface area contributed by atoms with Crippen molar-refractivity contribution >= 4 is 23.4 Å². The molecule has 5 heteroatoms. The topological polar surface area (TPSA) is 41.6 Å². The van der Waals surface area contributed by atoms with Gasteiger partial charge in [0, 0.05) is 13.1 Å². The zero-order valence-electron chi connectivity index (χ0n) is 10.7. The molecular formula is C14H17ClN2O2. The lowest BCUT2D eigenvalue weighted by Gasteiger charge is -2.28. The monoisotopic (exact) mass is 280 g/mol. The number of amides is 1. The molecule has 3 rings (SSSR count). The van der Waals surface area contributed by atoms with Crippen LogP contribution in [0.15, 0.2) is 18.2 Å². The van der Waals surface area contributed by atoms with E-state index in [9.17, 15) is 4.79 Å². The number of hydrogen-bond acceptors (Lipinski definition) is 3. The minimum absolute atomic E-state index is 0.0887. The molecule has 1 aromatic carbocycles. The summed E-state index contributed by atoms with van der Waals surface area (Å²) in [6.45, 7) is 2.02. The Morgan fingerprint density at radius 1 is 1.47 bits per heavy atom. The average molecular weight is 281 g/mol. The van der Waals surface area contributed by atoms with Gasteiger partial charge in [0.1, 0.15) is 5.75 Å². The summed E-state index contributed by atoms with van der Waals surface area (Å²) in [5.74, 6) is 1.25. The largest absolute Gasteiger partial charge is 0.482 e.